The molecule has 13 heteroatoms. The van der Waals surface area contributed by atoms with Crippen LogP contribution in [0.3, 0.4) is 0 Å². The van der Waals surface area contributed by atoms with Crippen LogP contribution < -0.4 is 5.32 Å². The summed E-state index contributed by atoms with van der Waals surface area (Å²) in [6.07, 6.45) is -9.14. The highest BCUT2D eigenvalue weighted by Gasteiger charge is 2.38. The van der Waals surface area contributed by atoms with Crippen molar-refractivity contribution >= 4 is 5.91 Å². The molecule has 0 fully saturated rings. The van der Waals surface area contributed by atoms with Gasteiger partial charge in [0.1, 0.15) is 6.26 Å². The third-order valence-electron chi connectivity index (χ3n) is 3.71. The minimum absolute atomic E-state index is 0.127. The zero-order valence-electron chi connectivity index (χ0n) is 14.8. The predicted molar refractivity (Wildman–Crippen MR) is 87.1 cm³/mol. The minimum Gasteiger partial charge on any atom is -0.448 e. The molecule has 1 amide bonds. The van der Waals surface area contributed by atoms with Crippen molar-refractivity contribution in [2.45, 2.75) is 25.2 Å². The molecule has 0 saturated heterocycles. The van der Waals surface area contributed by atoms with E-state index in [9.17, 15) is 31.1 Å². The Kier molecular flexibility index (Phi) is 5.80. The van der Waals surface area contributed by atoms with E-state index in [1.165, 1.54) is 12.1 Å². The van der Waals surface area contributed by atoms with Gasteiger partial charge < -0.3 is 14.3 Å². The molecule has 0 aliphatic carbocycles. The Morgan fingerprint density at radius 2 is 1.73 bits per heavy atom. The highest BCUT2D eigenvalue weighted by molar-refractivity contribution is 5.91. The largest absolute Gasteiger partial charge is 0.471 e. The van der Waals surface area contributed by atoms with Crippen LogP contribution in [-0.2, 0) is 12.6 Å². The number of carbonyl (C=O) groups excluding carboxylic acids is 1. The first-order chi connectivity index (χ1) is 14.0. The molecule has 1 N–H and O–H groups in total. The van der Waals surface area contributed by atoms with Gasteiger partial charge in [0, 0.05) is 18.5 Å². The predicted octanol–water partition coefficient (Wildman–Crippen LogP) is 4.02. The summed E-state index contributed by atoms with van der Waals surface area (Å²) in [6, 6.07) is 6.06. The molecule has 0 aliphatic rings. The maximum atomic E-state index is 12.5. The van der Waals surface area contributed by atoms with Crippen LogP contribution in [0.4, 0.5) is 26.3 Å². The second-order valence-corrected chi connectivity index (χ2v) is 6.04. The van der Waals surface area contributed by atoms with Gasteiger partial charge in [-0.3, -0.25) is 4.79 Å². The summed E-state index contributed by atoms with van der Waals surface area (Å²) >= 11 is 0. The molecule has 2 heterocycles. The fraction of sp³-hybridized carbons (Fsp3) is 0.294. The average molecular weight is 434 g/mol. The van der Waals surface area contributed by atoms with Gasteiger partial charge in [-0.15, -0.1) is 0 Å². The maximum absolute atomic E-state index is 12.5. The van der Waals surface area contributed by atoms with Crippen molar-refractivity contribution in [2.24, 2.45) is 0 Å². The SMILES string of the molecule is O=C(NCCC(F)(F)F)c1coc(Cc2ccc(-c3noc(C(F)(F)F)n3)cc2)n1. The number of oxazole rings is 1. The molecular formula is C17H12F6N4O3. The molecule has 160 valence electrons. The fourth-order valence-electron chi connectivity index (χ4n) is 2.31. The van der Waals surface area contributed by atoms with Gasteiger partial charge in [-0.2, -0.15) is 31.3 Å². The van der Waals surface area contributed by atoms with E-state index in [-0.39, 0.29) is 29.4 Å². The number of carbonyl (C=O) groups is 1. The van der Waals surface area contributed by atoms with E-state index in [0.29, 0.717) is 5.56 Å². The van der Waals surface area contributed by atoms with Crippen molar-refractivity contribution in [1.29, 1.82) is 0 Å². The number of benzene rings is 1. The molecule has 30 heavy (non-hydrogen) atoms. The number of amides is 1. The van der Waals surface area contributed by atoms with Crippen LogP contribution in [0.2, 0.25) is 0 Å². The lowest BCUT2D eigenvalue weighted by atomic mass is 10.1. The zero-order valence-corrected chi connectivity index (χ0v) is 14.8. The highest BCUT2D eigenvalue weighted by Crippen LogP contribution is 2.29. The van der Waals surface area contributed by atoms with E-state index in [0.717, 1.165) is 6.26 Å². The van der Waals surface area contributed by atoms with Crippen molar-refractivity contribution in [2.75, 3.05) is 6.54 Å². The summed E-state index contributed by atoms with van der Waals surface area (Å²) in [7, 11) is 0. The van der Waals surface area contributed by atoms with E-state index in [2.05, 4.69) is 25.0 Å². The summed E-state index contributed by atoms with van der Waals surface area (Å²) < 4.78 is 83.1. The molecule has 0 aliphatic heterocycles. The molecule has 0 spiro atoms. The lowest BCUT2D eigenvalue weighted by molar-refractivity contribution is -0.159. The normalized spacial score (nSPS) is 12.2. The molecule has 3 rings (SSSR count). The van der Waals surface area contributed by atoms with Gasteiger partial charge in [-0.1, -0.05) is 29.4 Å². The lowest BCUT2D eigenvalue weighted by Gasteiger charge is -2.06. The number of rotatable bonds is 6. The Bertz CT molecular complexity index is 1010. The van der Waals surface area contributed by atoms with Gasteiger partial charge in [-0.25, -0.2) is 4.98 Å². The summed E-state index contributed by atoms with van der Waals surface area (Å²) in [5, 5.41) is 5.36. The average Bonchev–Trinajstić information content (AvgIpc) is 3.30. The maximum Gasteiger partial charge on any atom is 0.471 e. The van der Waals surface area contributed by atoms with E-state index in [1.807, 2.05) is 0 Å². The first kappa shape index (κ1) is 21.3. The molecule has 0 atom stereocenters. The number of hydrogen-bond donors (Lipinski definition) is 1. The minimum atomic E-state index is -4.74. The third-order valence-corrected chi connectivity index (χ3v) is 3.71. The first-order valence-electron chi connectivity index (χ1n) is 8.31. The summed E-state index contributed by atoms with van der Waals surface area (Å²) in [5.74, 6) is -2.37. The van der Waals surface area contributed by atoms with Crippen molar-refractivity contribution in [1.82, 2.24) is 20.4 Å². The van der Waals surface area contributed by atoms with Crippen molar-refractivity contribution in [3.63, 3.8) is 0 Å². The van der Waals surface area contributed by atoms with Crippen molar-refractivity contribution in [3.05, 3.63) is 53.6 Å². The first-order valence-corrected chi connectivity index (χ1v) is 8.31. The summed E-state index contributed by atoms with van der Waals surface area (Å²) in [5.41, 5.74) is 0.759. The van der Waals surface area contributed by atoms with Crippen LogP contribution in [0.1, 0.15) is 34.3 Å². The van der Waals surface area contributed by atoms with Crippen LogP contribution in [-0.4, -0.2) is 33.8 Å². The van der Waals surface area contributed by atoms with Crippen LogP contribution in [0.25, 0.3) is 11.4 Å². The van der Waals surface area contributed by atoms with Crippen LogP contribution in [0.5, 0.6) is 0 Å². The van der Waals surface area contributed by atoms with Crippen LogP contribution >= 0.6 is 0 Å². The Balaban J connectivity index is 1.60. The number of halogens is 6. The van der Waals surface area contributed by atoms with Crippen molar-refractivity contribution < 1.29 is 40.1 Å². The Labute approximate surface area is 164 Å². The summed E-state index contributed by atoms with van der Waals surface area (Å²) in [4.78, 5) is 19.0. The van der Waals surface area contributed by atoms with Gasteiger partial charge >= 0.3 is 18.2 Å². The van der Waals surface area contributed by atoms with Crippen LogP contribution in [0.15, 0.2) is 39.5 Å². The fourth-order valence-corrected chi connectivity index (χ4v) is 2.31. The molecule has 0 bridgehead atoms. The Morgan fingerprint density at radius 1 is 1.03 bits per heavy atom. The second kappa shape index (κ2) is 8.16. The third kappa shape index (κ3) is 5.58. The number of alkyl halides is 6. The standard InChI is InChI=1S/C17H12F6N4O3/c18-16(19,20)5-6-24-14(28)11-8-29-12(25-11)7-9-1-3-10(4-2-9)13-26-15(30-27-13)17(21,22)23/h1-4,8H,5-7H2,(H,24,28). The highest BCUT2D eigenvalue weighted by atomic mass is 19.4. The van der Waals surface area contributed by atoms with Gasteiger partial charge in [0.15, 0.2) is 11.6 Å². The lowest BCUT2D eigenvalue weighted by Crippen LogP contribution is -2.28. The molecule has 1 aromatic carbocycles. The monoisotopic (exact) mass is 434 g/mol. The van der Waals surface area contributed by atoms with Gasteiger partial charge in [0.05, 0.1) is 6.42 Å². The number of aromatic nitrogens is 3. The van der Waals surface area contributed by atoms with Gasteiger partial charge in [0.2, 0.25) is 5.82 Å². The van der Waals surface area contributed by atoms with Crippen LogP contribution in [0, 0.1) is 0 Å². The van der Waals surface area contributed by atoms with E-state index in [1.54, 1.807) is 12.1 Å². The molecule has 0 unspecified atom stereocenters. The molecule has 3 aromatic rings. The summed E-state index contributed by atoms with van der Waals surface area (Å²) in [6.45, 7) is -0.585. The smallest absolute Gasteiger partial charge is 0.448 e. The number of nitrogens with zero attached hydrogens (tertiary/aromatic N) is 3. The number of nitrogens with one attached hydrogen (secondary N) is 1. The molecule has 7 nitrogen and oxygen atoms in total. The Hall–Kier alpha value is -3.38. The van der Waals surface area contributed by atoms with E-state index in [4.69, 9.17) is 4.42 Å². The van der Waals surface area contributed by atoms with E-state index >= 15 is 0 Å². The van der Waals surface area contributed by atoms with Gasteiger partial charge in [0.25, 0.3) is 5.91 Å². The van der Waals surface area contributed by atoms with E-state index < -0.39 is 37.1 Å². The molecule has 2 aromatic heterocycles. The zero-order chi connectivity index (χ0) is 21.9. The van der Waals surface area contributed by atoms with Crippen molar-refractivity contribution in [3.8, 4) is 11.4 Å². The topological polar surface area (TPSA) is 94.1 Å². The molecule has 0 saturated carbocycles. The molecular weight excluding hydrogens is 422 g/mol. The number of hydrogen-bond acceptors (Lipinski definition) is 6. The quantitative estimate of drug-likeness (QED) is 0.589. The van der Waals surface area contributed by atoms with Gasteiger partial charge in [-0.05, 0) is 5.56 Å². The second-order valence-electron chi connectivity index (χ2n) is 6.04. The Morgan fingerprint density at radius 3 is 2.33 bits per heavy atom. The molecule has 0 radical (unpaired) electrons.